The molecule has 5 heteroatoms. The van der Waals surface area contributed by atoms with Gasteiger partial charge in [0.15, 0.2) is 0 Å². The molecule has 2 heterocycles. The molecule has 2 saturated heterocycles. The maximum absolute atomic E-state index is 12.4. The molecule has 2 aliphatic heterocycles. The highest BCUT2D eigenvalue weighted by molar-refractivity contribution is 5.87. The van der Waals surface area contributed by atoms with Crippen LogP contribution in [0.2, 0.25) is 0 Å². The summed E-state index contributed by atoms with van der Waals surface area (Å²) in [4.78, 5) is 24.6. The van der Waals surface area contributed by atoms with E-state index < -0.39 is 6.10 Å². The van der Waals surface area contributed by atoms with Crippen molar-refractivity contribution in [3.05, 3.63) is 23.3 Å². The summed E-state index contributed by atoms with van der Waals surface area (Å²) in [6, 6.07) is 0. The molecule has 5 nitrogen and oxygen atoms in total. The minimum atomic E-state index is -0.392. The predicted octanol–water partition coefficient (Wildman–Crippen LogP) is 3.33. The van der Waals surface area contributed by atoms with E-state index in [-0.39, 0.29) is 41.6 Å². The minimum Gasteiger partial charge on any atom is -0.459 e. The van der Waals surface area contributed by atoms with Crippen LogP contribution in [0.15, 0.2) is 23.3 Å². The molecule has 3 rings (SSSR count). The standard InChI is InChI=1S/C20H28O5/c1-6-12(3)18(21)23-14-10-11(2)8-7-9-20(5)17(25-20)16-15(14)13(4)19(22)24-16/h6,8,13-17H,7,9-10H2,1-5H3. The summed E-state index contributed by atoms with van der Waals surface area (Å²) in [6.07, 6.45) is 5.52. The van der Waals surface area contributed by atoms with Crippen LogP contribution in [0.4, 0.5) is 0 Å². The van der Waals surface area contributed by atoms with Crippen molar-refractivity contribution >= 4 is 11.9 Å². The summed E-state index contributed by atoms with van der Waals surface area (Å²) >= 11 is 0. The first-order valence-electron chi connectivity index (χ1n) is 9.14. The predicted molar refractivity (Wildman–Crippen MR) is 92.7 cm³/mol. The van der Waals surface area contributed by atoms with Gasteiger partial charge in [-0.3, -0.25) is 4.79 Å². The van der Waals surface area contributed by atoms with Crippen molar-refractivity contribution in [2.45, 2.75) is 77.8 Å². The van der Waals surface area contributed by atoms with Gasteiger partial charge in [0.2, 0.25) is 0 Å². The van der Waals surface area contributed by atoms with Gasteiger partial charge in [-0.2, -0.15) is 0 Å². The van der Waals surface area contributed by atoms with Crippen molar-refractivity contribution in [1.29, 1.82) is 0 Å². The molecule has 0 amide bonds. The van der Waals surface area contributed by atoms with Crippen molar-refractivity contribution in [3.8, 4) is 0 Å². The Morgan fingerprint density at radius 3 is 2.84 bits per heavy atom. The van der Waals surface area contributed by atoms with Crippen LogP contribution in [0, 0.1) is 11.8 Å². The Kier molecular flexibility index (Phi) is 4.80. The van der Waals surface area contributed by atoms with Crippen LogP contribution in [-0.2, 0) is 23.8 Å². The van der Waals surface area contributed by atoms with E-state index in [4.69, 9.17) is 14.2 Å². The van der Waals surface area contributed by atoms with Gasteiger partial charge >= 0.3 is 11.9 Å². The molecular formula is C20H28O5. The lowest BCUT2D eigenvalue weighted by Crippen LogP contribution is -2.40. The first-order chi connectivity index (χ1) is 11.8. The van der Waals surface area contributed by atoms with Gasteiger partial charge in [-0.05, 0) is 40.5 Å². The van der Waals surface area contributed by atoms with E-state index in [1.165, 1.54) is 5.57 Å². The number of ether oxygens (including phenoxy) is 3. The molecule has 0 aromatic heterocycles. The van der Waals surface area contributed by atoms with E-state index in [0.717, 1.165) is 12.8 Å². The molecule has 6 unspecified atom stereocenters. The van der Waals surface area contributed by atoms with Gasteiger partial charge in [0, 0.05) is 17.9 Å². The van der Waals surface area contributed by atoms with Crippen molar-refractivity contribution in [2.75, 3.05) is 0 Å². The van der Waals surface area contributed by atoms with Crippen LogP contribution in [0.5, 0.6) is 0 Å². The Balaban J connectivity index is 1.93. The molecule has 0 bridgehead atoms. The van der Waals surface area contributed by atoms with Gasteiger partial charge in [-0.1, -0.05) is 24.6 Å². The van der Waals surface area contributed by atoms with Crippen LogP contribution in [0.1, 0.15) is 53.9 Å². The Bertz CT molecular complexity index is 634. The van der Waals surface area contributed by atoms with Gasteiger partial charge in [0.25, 0.3) is 0 Å². The van der Waals surface area contributed by atoms with Crippen molar-refractivity contribution in [3.63, 3.8) is 0 Å². The lowest BCUT2D eigenvalue weighted by molar-refractivity contribution is -0.149. The topological polar surface area (TPSA) is 65.1 Å². The third kappa shape index (κ3) is 3.39. The van der Waals surface area contributed by atoms with Crippen LogP contribution in [-0.4, -0.2) is 35.9 Å². The van der Waals surface area contributed by atoms with Gasteiger partial charge in [0.1, 0.15) is 18.3 Å². The SMILES string of the molecule is CC=C(C)C(=O)OC1CC(C)=CCCC2(C)OC2C2OC(=O)C(C)C12. The van der Waals surface area contributed by atoms with E-state index in [1.54, 1.807) is 13.0 Å². The second-order valence-corrected chi connectivity index (χ2v) is 7.83. The lowest BCUT2D eigenvalue weighted by atomic mass is 9.79. The molecule has 0 aromatic carbocycles. The molecule has 0 N–H and O–H groups in total. The molecule has 6 atom stereocenters. The molecule has 0 saturated carbocycles. The Labute approximate surface area is 149 Å². The molecule has 0 spiro atoms. The number of epoxide rings is 1. The summed E-state index contributed by atoms with van der Waals surface area (Å²) in [5, 5.41) is 0. The van der Waals surface area contributed by atoms with E-state index in [2.05, 4.69) is 19.9 Å². The fourth-order valence-corrected chi connectivity index (χ4v) is 4.04. The van der Waals surface area contributed by atoms with Gasteiger partial charge in [-0.15, -0.1) is 0 Å². The summed E-state index contributed by atoms with van der Waals surface area (Å²) in [6.45, 7) is 9.54. The maximum atomic E-state index is 12.4. The maximum Gasteiger partial charge on any atom is 0.333 e. The van der Waals surface area contributed by atoms with Crippen LogP contribution in [0.25, 0.3) is 0 Å². The average molecular weight is 348 g/mol. The molecule has 25 heavy (non-hydrogen) atoms. The zero-order valence-electron chi connectivity index (χ0n) is 15.7. The second-order valence-electron chi connectivity index (χ2n) is 7.83. The van der Waals surface area contributed by atoms with Gasteiger partial charge in [-0.25, -0.2) is 4.79 Å². The molecule has 2 fully saturated rings. The second kappa shape index (κ2) is 6.60. The molecule has 138 valence electrons. The number of allylic oxidation sites excluding steroid dienone is 2. The number of carbonyl (C=O) groups is 2. The molecular weight excluding hydrogens is 320 g/mol. The number of hydrogen-bond donors (Lipinski definition) is 0. The third-order valence-corrected chi connectivity index (χ3v) is 5.92. The average Bonchev–Trinajstić information content (AvgIpc) is 3.13. The van der Waals surface area contributed by atoms with Gasteiger partial charge in [0.05, 0.1) is 11.5 Å². The number of fused-ring (bicyclic) bond motifs is 3. The Morgan fingerprint density at radius 2 is 2.16 bits per heavy atom. The van der Waals surface area contributed by atoms with E-state index in [1.807, 2.05) is 13.8 Å². The lowest BCUT2D eigenvalue weighted by Gasteiger charge is -2.29. The first-order valence-corrected chi connectivity index (χ1v) is 9.14. The fourth-order valence-electron chi connectivity index (χ4n) is 4.04. The monoisotopic (exact) mass is 348 g/mol. The number of esters is 2. The zero-order valence-corrected chi connectivity index (χ0v) is 15.7. The highest BCUT2D eigenvalue weighted by atomic mass is 16.6. The minimum absolute atomic E-state index is 0.109. The van der Waals surface area contributed by atoms with Crippen LogP contribution >= 0.6 is 0 Å². The van der Waals surface area contributed by atoms with Crippen molar-refractivity contribution in [1.82, 2.24) is 0 Å². The Hall–Kier alpha value is -1.62. The molecule has 1 aliphatic carbocycles. The van der Waals surface area contributed by atoms with E-state index >= 15 is 0 Å². The number of hydrogen-bond acceptors (Lipinski definition) is 5. The third-order valence-electron chi connectivity index (χ3n) is 5.92. The summed E-state index contributed by atoms with van der Waals surface area (Å²) < 4.78 is 17.5. The van der Waals surface area contributed by atoms with E-state index in [0.29, 0.717) is 12.0 Å². The highest BCUT2D eigenvalue weighted by Crippen LogP contribution is 2.50. The van der Waals surface area contributed by atoms with Gasteiger partial charge < -0.3 is 14.2 Å². The number of carbonyl (C=O) groups excluding carboxylic acids is 2. The number of rotatable bonds is 2. The first kappa shape index (κ1) is 18.2. The molecule has 0 aromatic rings. The van der Waals surface area contributed by atoms with Crippen LogP contribution in [0.3, 0.4) is 0 Å². The van der Waals surface area contributed by atoms with Crippen molar-refractivity contribution in [2.24, 2.45) is 11.8 Å². The highest BCUT2D eigenvalue weighted by Gasteiger charge is 2.64. The zero-order chi connectivity index (χ0) is 18.4. The fraction of sp³-hybridized carbons (Fsp3) is 0.700. The largest absolute Gasteiger partial charge is 0.459 e. The summed E-state index contributed by atoms with van der Waals surface area (Å²) in [7, 11) is 0. The Morgan fingerprint density at radius 1 is 1.44 bits per heavy atom. The molecule has 3 aliphatic rings. The summed E-state index contributed by atoms with van der Waals surface area (Å²) in [5.41, 5.74) is 1.49. The quantitative estimate of drug-likeness (QED) is 0.331. The summed E-state index contributed by atoms with van der Waals surface area (Å²) in [5.74, 6) is -1.05. The molecule has 0 radical (unpaired) electrons. The smallest absolute Gasteiger partial charge is 0.333 e. The van der Waals surface area contributed by atoms with Crippen LogP contribution < -0.4 is 0 Å². The van der Waals surface area contributed by atoms with E-state index in [9.17, 15) is 9.59 Å². The van der Waals surface area contributed by atoms with Crippen molar-refractivity contribution < 1.29 is 23.8 Å². The normalized spacial score (nSPS) is 41.2.